The minimum Gasteiger partial charge on any atom is -0.497 e. The molecule has 2 unspecified atom stereocenters. The van der Waals surface area contributed by atoms with Crippen LogP contribution in [0.15, 0.2) is 24.3 Å². The summed E-state index contributed by atoms with van der Waals surface area (Å²) in [5, 5.41) is 9.03. The largest absolute Gasteiger partial charge is 0.497 e. The molecule has 2 atom stereocenters. The molecule has 4 nitrogen and oxygen atoms in total. The molecule has 1 aromatic carbocycles. The molecule has 0 aromatic heterocycles. The van der Waals surface area contributed by atoms with Gasteiger partial charge in [-0.25, -0.2) is 0 Å². The van der Waals surface area contributed by atoms with Gasteiger partial charge in [0.25, 0.3) is 0 Å². The second-order valence-corrected chi connectivity index (χ2v) is 5.43. The number of hydrogen-bond acceptors (Lipinski definition) is 4. The van der Waals surface area contributed by atoms with E-state index in [1.54, 1.807) is 7.11 Å². The molecule has 112 valence electrons. The Bertz CT molecular complexity index is 411. The first kappa shape index (κ1) is 15.3. The number of methoxy groups -OCH3 is 1. The van der Waals surface area contributed by atoms with Crippen molar-refractivity contribution in [2.45, 2.75) is 37.8 Å². The fourth-order valence-electron chi connectivity index (χ4n) is 3.22. The van der Waals surface area contributed by atoms with Crippen molar-refractivity contribution >= 4 is 0 Å². The van der Waals surface area contributed by atoms with E-state index in [1.807, 2.05) is 12.1 Å². The third-order valence-electron chi connectivity index (χ3n) is 4.22. The molecule has 0 bridgehead atoms. The highest BCUT2D eigenvalue weighted by Gasteiger charge is 2.30. The predicted octanol–water partition coefficient (Wildman–Crippen LogP) is 1.93. The van der Waals surface area contributed by atoms with Gasteiger partial charge in [-0.15, -0.1) is 0 Å². The lowest BCUT2D eigenvalue weighted by molar-refractivity contribution is 0.165. The number of aliphatic hydroxyl groups is 1. The highest BCUT2D eigenvalue weighted by Crippen LogP contribution is 2.32. The second kappa shape index (κ2) is 7.62. The maximum absolute atomic E-state index is 9.03. The zero-order valence-electron chi connectivity index (χ0n) is 12.3. The lowest BCUT2D eigenvalue weighted by Crippen LogP contribution is -2.37. The van der Waals surface area contributed by atoms with Crippen molar-refractivity contribution in [1.82, 2.24) is 4.90 Å². The van der Waals surface area contributed by atoms with Gasteiger partial charge in [0.2, 0.25) is 0 Å². The van der Waals surface area contributed by atoms with Gasteiger partial charge in [0.05, 0.1) is 7.11 Å². The van der Waals surface area contributed by atoms with Crippen LogP contribution in [0.5, 0.6) is 5.75 Å². The summed E-state index contributed by atoms with van der Waals surface area (Å²) in [5.74, 6) is 0.882. The highest BCUT2D eigenvalue weighted by atomic mass is 16.5. The van der Waals surface area contributed by atoms with Crippen molar-refractivity contribution in [3.8, 4) is 5.75 Å². The summed E-state index contributed by atoms with van der Waals surface area (Å²) in [7, 11) is 1.69. The maximum Gasteiger partial charge on any atom is 0.119 e. The van der Waals surface area contributed by atoms with E-state index >= 15 is 0 Å². The number of ether oxygens (including phenoxy) is 1. The SMILES string of the molecule is COc1cccc(C(CN)N2CCCC2CCCO)c1. The van der Waals surface area contributed by atoms with E-state index in [4.69, 9.17) is 15.6 Å². The Hall–Kier alpha value is -1.10. The number of likely N-dealkylation sites (tertiary alicyclic amines) is 1. The molecule has 20 heavy (non-hydrogen) atoms. The zero-order chi connectivity index (χ0) is 14.4. The molecule has 1 aliphatic rings. The molecule has 0 amide bonds. The van der Waals surface area contributed by atoms with Gasteiger partial charge in [0.15, 0.2) is 0 Å². The normalized spacial score (nSPS) is 21.1. The maximum atomic E-state index is 9.03. The van der Waals surface area contributed by atoms with Crippen LogP contribution < -0.4 is 10.5 Å². The smallest absolute Gasteiger partial charge is 0.119 e. The van der Waals surface area contributed by atoms with E-state index in [9.17, 15) is 0 Å². The Labute approximate surface area is 121 Å². The summed E-state index contributed by atoms with van der Waals surface area (Å²) < 4.78 is 5.31. The molecule has 1 aromatic rings. The first-order valence-electron chi connectivity index (χ1n) is 7.50. The molecule has 0 spiro atoms. The van der Waals surface area contributed by atoms with Crippen molar-refractivity contribution in [2.24, 2.45) is 5.73 Å². The van der Waals surface area contributed by atoms with Crippen molar-refractivity contribution < 1.29 is 9.84 Å². The number of rotatable bonds is 7. The molecule has 0 radical (unpaired) electrons. The second-order valence-electron chi connectivity index (χ2n) is 5.43. The predicted molar refractivity (Wildman–Crippen MR) is 80.8 cm³/mol. The monoisotopic (exact) mass is 278 g/mol. The van der Waals surface area contributed by atoms with E-state index in [2.05, 4.69) is 17.0 Å². The Balaban J connectivity index is 2.13. The fourth-order valence-corrected chi connectivity index (χ4v) is 3.22. The molecular formula is C16H26N2O2. The first-order valence-corrected chi connectivity index (χ1v) is 7.50. The Morgan fingerprint density at radius 2 is 2.35 bits per heavy atom. The van der Waals surface area contributed by atoms with Gasteiger partial charge in [-0.2, -0.15) is 0 Å². The summed E-state index contributed by atoms with van der Waals surface area (Å²) in [4.78, 5) is 2.50. The van der Waals surface area contributed by atoms with Crippen molar-refractivity contribution in [2.75, 3.05) is 26.8 Å². The number of benzene rings is 1. The van der Waals surface area contributed by atoms with E-state index in [0.29, 0.717) is 12.6 Å². The van der Waals surface area contributed by atoms with Crippen LogP contribution in [-0.4, -0.2) is 42.9 Å². The molecule has 0 saturated carbocycles. The van der Waals surface area contributed by atoms with Crippen LogP contribution >= 0.6 is 0 Å². The first-order chi connectivity index (χ1) is 9.80. The molecule has 1 heterocycles. The van der Waals surface area contributed by atoms with Crippen molar-refractivity contribution in [3.63, 3.8) is 0 Å². The van der Waals surface area contributed by atoms with Crippen LogP contribution in [-0.2, 0) is 0 Å². The zero-order valence-corrected chi connectivity index (χ0v) is 12.3. The number of nitrogens with two attached hydrogens (primary N) is 1. The average molecular weight is 278 g/mol. The van der Waals surface area contributed by atoms with Gasteiger partial charge in [-0.1, -0.05) is 12.1 Å². The number of aliphatic hydroxyl groups excluding tert-OH is 1. The van der Waals surface area contributed by atoms with Crippen LogP contribution in [0.1, 0.15) is 37.3 Å². The van der Waals surface area contributed by atoms with Crippen LogP contribution in [0.3, 0.4) is 0 Å². The Morgan fingerprint density at radius 3 is 3.05 bits per heavy atom. The summed E-state index contributed by atoms with van der Waals surface area (Å²) in [6, 6.07) is 8.98. The van der Waals surface area contributed by atoms with Crippen LogP contribution in [0.4, 0.5) is 0 Å². The number of hydrogen-bond donors (Lipinski definition) is 2. The molecule has 3 N–H and O–H groups in total. The van der Waals surface area contributed by atoms with Gasteiger partial charge in [0, 0.05) is 25.2 Å². The summed E-state index contributed by atoms with van der Waals surface area (Å²) >= 11 is 0. The van der Waals surface area contributed by atoms with E-state index in [1.165, 1.54) is 18.4 Å². The molecular weight excluding hydrogens is 252 g/mol. The van der Waals surface area contributed by atoms with Crippen LogP contribution in [0.2, 0.25) is 0 Å². The molecule has 0 aliphatic carbocycles. The summed E-state index contributed by atoms with van der Waals surface area (Å²) in [5.41, 5.74) is 7.26. The van der Waals surface area contributed by atoms with Gasteiger partial charge in [-0.05, 0) is 49.9 Å². The number of nitrogens with zero attached hydrogens (tertiary/aromatic N) is 1. The lowest BCUT2D eigenvalue weighted by atomic mass is 10.0. The fraction of sp³-hybridized carbons (Fsp3) is 0.625. The topological polar surface area (TPSA) is 58.7 Å². The van der Waals surface area contributed by atoms with E-state index < -0.39 is 0 Å². The molecule has 1 aliphatic heterocycles. The average Bonchev–Trinajstić information content (AvgIpc) is 2.94. The van der Waals surface area contributed by atoms with Crippen molar-refractivity contribution in [1.29, 1.82) is 0 Å². The molecule has 1 fully saturated rings. The molecule has 2 rings (SSSR count). The molecule has 1 saturated heterocycles. The van der Waals surface area contributed by atoms with Gasteiger partial charge >= 0.3 is 0 Å². The van der Waals surface area contributed by atoms with Gasteiger partial charge in [0.1, 0.15) is 5.75 Å². The standard InChI is InChI=1S/C16H26N2O2/c1-20-15-8-2-5-13(11-15)16(12-17)18-9-3-6-14(18)7-4-10-19/h2,5,8,11,14,16,19H,3-4,6-7,9-10,12,17H2,1H3. The van der Waals surface area contributed by atoms with Crippen molar-refractivity contribution in [3.05, 3.63) is 29.8 Å². The van der Waals surface area contributed by atoms with Crippen LogP contribution in [0.25, 0.3) is 0 Å². The highest BCUT2D eigenvalue weighted by molar-refractivity contribution is 5.31. The van der Waals surface area contributed by atoms with Crippen LogP contribution in [0, 0.1) is 0 Å². The Morgan fingerprint density at radius 1 is 1.50 bits per heavy atom. The third kappa shape index (κ3) is 3.51. The van der Waals surface area contributed by atoms with E-state index in [0.717, 1.165) is 25.1 Å². The van der Waals surface area contributed by atoms with Gasteiger partial charge < -0.3 is 15.6 Å². The minimum atomic E-state index is 0.247. The summed E-state index contributed by atoms with van der Waals surface area (Å²) in [6.45, 7) is 1.98. The Kier molecular flexibility index (Phi) is 5.83. The summed E-state index contributed by atoms with van der Waals surface area (Å²) in [6.07, 6.45) is 4.35. The van der Waals surface area contributed by atoms with Gasteiger partial charge in [-0.3, -0.25) is 4.90 Å². The quantitative estimate of drug-likeness (QED) is 0.800. The third-order valence-corrected chi connectivity index (χ3v) is 4.22. The van der Waals surface area contributed by atoms with E-state index in [-0.39, 0.29) is 12.6 Å². The lowest BCUT2D eigenvalue weighted by Gasteiger charge is -2.33. The molecule has 4 heteroatoms. The minimum absolute atomic E-state index is 0.247.